The Morgan fingerprint density at radius 3 is 2.59 bits per heavy atom. The van der Waals surface area contributed by atoms with Crippen molar-refractivity contribution in [1.29, 1.82) is 0 Å². The zero-order chi connectivity index (χ0) is 16.1. The van der Waals surface area contributed by atoms with Crippen LogP contribution in [0.5, 0.6) is 0 Å². The summed E-state index contributed by atoms with van der Waals surface area (Å²) in [6.07, 6.45) is 3.25. The first kappa shape index (κ1) is 17.4. The molecule has 1 fully saturated rings. The molecule has 1 saturated carbocycles. The normalized spacial score (nSPS) is 26.6. The SMILES string of the molecule is CC(C)[C@@H]1CC[C@@H](C)C[C@H]1OC(=O)C[Se](=O)c1ccccc1. The van der Waals surface area contributed by atoms with Crippen LogP contribution in [0.4, 0.5) is 0 Å². The van der Waals surface area contributed by atoms with E-state index in [9.17, 15) is 8.63 Å². The molecule has 4 atom stereocenters. The molecule has 0 aromatic heterocycles. The Labute approximate surface area is 137 Å². The van der Waals surface area contributed by atoms with E-state index in [1.54, 1.807) is 0 Å². The van der Waals surface area contributed by atoms with Gasteiger partial charge in [0.15, 0.2) is 0 Å². The molecule has 1 unspecified atom stereocenters. The summed E-state index contributed by atoms with van der Waals surface area (Å²) in [5, 5.41) is 0.0414. The molecule has 22 heavy (non-hydrogen) atoms. The minimum atomic E-state index is -2.33. The van der Waals surface area contributed by atoms with Crippen LogP contribution in [0.15, 0.2) is 30.3 Å². The van der Waals surface area contributed by atoms with Crippen molar-refractivity contribution in [3.05, 3.63) is 30.3 Å². The molecule has 0 amide bonds. The van der Waals surface area contributed by atoms with E-state index in [4.69, 9.17) is 4.74 Å². The predicted molar refractivity (Wildman–Crippen MR) is 88.5 cm³/mol. The van der Waals surface area contributed by atoms with Gasteiger partial charge in [-0.25, -0.2) is 0 Å². The summed E-state index contributed by atoms with van der Waals surface area (Å²) < 4.78 is 18.8. The second-order valence-electron chi connectivity index (χ2n) is 6.66. The first-order valence-electron chi connectivity index (χ1n) is 8.10. The molecular weight excluding hydrogens is 343 g/mol. The average Bonchev–Trinajstić information content (AvgIpc) is 2.47. The minimum absolute atomic E-state index is 0.00850. The molecule has 4 heteroatoms. The summed E-state index contributed by atoms with van der Waals surface area (Å²) in [6, 6.07) is 9.24. The molecule has 2 rings (SSSR count). The van der Waals surface area contributed by atoms with Crippen LogP contribution in [-0.2, 0) is 13.4 Å². The molecule has 1 aliphatic carbocycles. The van der Waals surface area contributed by atoms with Crippen molar-refractivity contribution in [2.24, 2.45) is 17.8 Å². The van der Waals surface area contributed by atoms with Crippen molar-refractivity contribution >= 4 is 24.3 Å². The van der Waals surface area contributed by atoms with Gasteiger partial charge in [0.25, 0.3) is 0 Å². The fourth-order valence-corrected chi connectivity index (χ4v) is 5.12. The molecule has 1 aromatic carbocycles. The van der Waals surface area contributed by atoms with E-state index >= 15 is 0 Å². The summed E-state index contributed by atoms with van der Waals surface area (Å²) in [5.41, 5.74) is 0. The monoisotopic (exact) mass is 370 g/mol. The van der Waals surface area contributed by atoms with Gasteiger partial charge in [-0.3, -0.25) is 0 Å². The van der Waals surface area contributed by atoms with Gasteiger partial charge in [0, 0.05) is 0 Å². The summed E-state index contributed by atoms with van der Waals surface area (Å²) in [5.74, 6) is 1.25. The first-order chi connectivity index (χ1) is 10.5. The summed E-state index contributed by atoms with van der Waals surface area (Å²) in [4.78, 5) is 12.2. The molecule has 0 aliphatic heterocycles. The van der Waals surface area contributed by atoms with E-state index < -0.39 is 13.8 Å². The van der Waals surface area contributed by atoms with E-state index in [1.807, 2.05) is 30.3 Å². The Kier molecular flexibility index (Phi) is 6.34. The van der Waals surface area contributed by atoms with Gasteiger partial charge in [-0.05, 0) is 0 Å². The van der Waals surface area contributed by atoms with Gasteiger partial charge in [0.2, 0.25) is 0 Å². The fraction of sp³-hybridized carbons (Fsp3) is 0.611. The van der Waals surface area contributed by atoms with Crippen LogP contribution in [-0.4, -0.2) is 25.9 Å². The van der Waals surface area contributed by atoms with Crippen LogP contribution in [0, 0.1) is 17.8 Å². The van der Waals surface area contributed by atoms with Crippen LogP contribution in [0.3, 0.4) is 0 Å². The predicted octanol–water partition coefficient (Wildman–Crippen LogP) is 3.32. The Balaban J connectivity index is 1.93. The molecular formula is C18H26O3Se. The maximum absolute atomic E-state index is 12.3. The van der Waals surface area contributed by atoms with Gasteiger partial charge >= 0.3 is 137 Å². The summed E-state index contributed by atoms with van der Waals surface area (Å²) in [6.45, 7) is 6.59. The standard InChI is InChI=1S/C18H26O3Se/c1-13(2)16-10-9-14(3)11-17(16)21-18(19)12-22(20)15-7-5-4-6-8-15/h4-8,13-14,16-17H,9-12H2,1-3H3/t14-,16+,17-,22?/m1/s1. The van der Waals surface area contributed by atoms with Gasteiger partial charge in [-0.15, -0.1) is 0 Å². The van der Waals surface area contributed by atoms with Crippen LogP contribution in [0.1, 0.15) is 40.0 Å². The number of hydrogen-bond acceptors (Lipinski definition) is 3. The van der Waals surface area contributed by atoms with Crippen molar-refractivity contribution < 1.29 is 13.4 Å². The molecule has 1 aliphatic rings. The molecule has 0 N–H and O–H groups in total. The molecule has 0 radical (unpaired) electrons. The third-order valence-corrected chi connectivity index (χ3v) is 7.22. The first-order valence-corrected chi connectivity index (χ1v) is 10.9. The molecule has 1 aromatic rings. The van der Waals surface area contributed by atoms with Crippen LogP contribution in [0.25, 0.3) is 0 Å². The van der Waals surface area contributed by atoms with E-state index in [0.29, 0.717) is 17.8 Å². The Morgan fingerprint density at radius 1 is 1.27 bits per heavy atom. The van der Waals surface area contributed by atoms with E-state index in [2.05, 4.69) is 20.8 Å². The maximum atomic E-state index is 12.3. The second kappa shape index (κ2) is 8.03. The number of benzene rings is 1. The van der Waals surface area contributed by atoms with Gasteiger partial charge < -0.3 is 0 Å². The second-order valence-corrected chi connectivity index (χ2v) is 9.70. The van der Waals surface area contributed by atoms with E-state index in [0.717, 1.165) is 17.3 Å². The third-order valence-electron chi connectivity index (χ3n) is 4.50. The Morgan fingerprint density at radius 2 is 1.95 bits per heavy atom. The topological polar surface area (TPSA) is 43.4 Å². The van der Waals surface area contributed by atoms with Crippen molar-refractivity contribution in [2.75, 3.05) is 0 Å². The number of ether oxygens (including phenoxy) is 1. The molecule has 0 saturated heterocycles. The van der Waals surface area contributed by atoms with E-state index in [-0.39, 0.29) is 17.4 Å². The molecule has 0 heterocycles. The number of rotatable bonds is 5. The van der Waals surface area contributed by atoms with Crippen molar-refractivity contribution in [1.82, 2.24) is 0 Å². The Hall–Kier alpha value is -0.991. The van der Waals surface area contributed by atoms with Gasteiger partial charge in [-0.2, -0.15) is 0 Å². The number of carbonyl (C=O) groups excluding carboxylic acids is 1. The van der Waals surface area contributed by atoms with Gasteiger partial charge in [-0.1, -0.05) is 0 Å². The molecule has 122 valence electrons. The van der Waals surface area contributed by atoms with E-state index in [1.165, 1.54) is 6.42 Å². The van der Waals surface area contributed by atoms with Gasteiger partial charge in [0.1, 0.15) is 0 Å². The quantitative estimate of drug-likeness (QED) is 0.591. The third kappa shape index (κ3) is 4.75. The zero-order valence-electron chi connectivity index (χ0n) is 13.7. The molecule has 0 bridgehead atoms. The zero-order valence-corrected chi connectivity index (χ0v) is 15.4. The van der Waals surface area contributed by atoms with Crippen LogP contribution in [0.2, 0.25) is 5.32 Å². The number of esters is 1. The summed E-state index contributed by atoms with van der Waals surface area (Å²) in [7, 11) is 0. The Bertz CT molecular complexity index is 512. The molecule has 3 nitrogen and oxygen atoms in total. The van der Waals surface area contributed by atoms with Gasteiger partial charge in [0.05, 0.1) is 0 Å². The fourth-order valence-electron chi connectivity index (χ4n) is 3.22. The summed E-state index contributed by atoms with van der Waals surface area (Å²) >= 11 is -2.33. The van der Waals surface area contributed by atoms with Crippen molar-refractivity contribution in [3.63, 3.8) is 0 Å². The number of carbonyl (C=O) groups is 1. The molecule has 0 spiro atoms. The van der Waals surface area contributed by atoms with Crippen LogP contribution >= 0.6 is 0 Å². The number of hydrogen-bond donors (Lipinski definition) is 0. The van der Waals surface area contributed by atoms with Crippen molar-refractivity contribution in [2.45, 2.75) is 51.5 Å². The van der Waals surface area contributed by atoms with Crippen LogP contribution < -0.4 is 4.46 Å². The average molecular weight is 369 g/mol. The van der Waals surface area contributed by atoms with Crippen molar-refractivity contribution in [3.8, 4) is 0 Å².